The van der Waals surface area contributed by atoms with Gasteiger partial charge in [0, 0.05) is 48.5 Å². The molecule has 3 heterocycles. The van der Waals surface area contributed by atoms with Gasteiger partial charge >= 0.3 is 0 Å². The lowest BCUT2D eigenvalue weighted by atomic mass is 9.79. The number of hydrogen-bond acceptors (Lipinski definition) is 6. The van der Waals surface area contributed by atoms with Gasteiger partial charge in [0.25, 0.3) is 0 Å². The number of rotatable bonds is 4. The van der Waals surface area contributed by atoms with Crippen molar-refractivity contribution in [2.75, 3.05) is 11.9 Å². The van der Waals surface area contributed by atoms with Gasteiger partial charge in [0.05, 0.1) is 24.3 Å². The Kier molecular flexibility index (Phi) is 5.25. The summed E-state index contributed by atoms with van der Waals surface area (Å²) >= 11 is 0. The molecule has 1 fully saturated rings. The number of nitrogens with one attached hydrogen (secondary N) is 1. The van der Waals surface area contributed by atoms with E-state index < -0.39 is 0 Å². The van der Waals surface area contributed by atoms with Gasteiger partial charge in [0.2, 0.25) is 0 Å². The van der Waals surface area contributed by atoms with Gasteiger partial charge in [-0.2, -0.15) is 5.10 Å². The van der Waals surface area contributed by atoms with E-state index >= 15 is 0 Å². The SMILES string of the molecule is CN(c1cnc(-c2ccc(-c3cnn(C)c3)cc2O)cn1)C1CC(C)(C)NC(C)(C)C1. The summed E-state index contributed by atoms with van der Waals surface area (Å²) in [6.45, 7) is 9.01. The first kappa shape index (κ1) is 21.3. The molecule has 31 heavy (non-hydrogen) atoms. The average molecular weight is 421 g/mol. The third-order valence-electron chi connectivity index (χ3n) is 6.03. The topological polar surface area (TPSA) is 79.1 Å². The van der Waals surface area contributed by atoms with Crippen molar-refractivity contribution in [3.05, 3.63) is 43.0 Å². The van der Waals surface area contributed by atoms with E-state index in [1.807, 2.05) is 25.4 Å². The summed E-state index contributed by atoms with van der Waals surface area (Å²) in [6, 6.07) is 5.96. The number of hydrogen-bond donors (Lipinski definition) is 2. The number of nitrogens with zero attached hydrogens (tertiary/aromatic N) is 5. The predicted octanol–water partition coefficient (Wildman–Crippen LogP) is 4.00. The highest BCUT2D eigenvalue weighted by Crippen LogP contribution is 2.34. The molecular formula is C24H32N6O. The molecule has 1 saturated heterocycles. The van der Waals surface area contributed by atoms with Gasteiger partial charge in [-0.3, -0.25) is 9.67 Å². The first-order valence-electron chi connectivity index (χ1n) is 10.7. The first-order valence-corrected chi connectivity index (χ1v) is 10.7. The highest BCUT2D eigenvalue weighted by Gasteiger charge is 2.39. The molecule has 0 saturated carbocycles. The van der Waals surface area contributed by atoms with Crippen LogP contribution in [0.15, 0.2) is 43.0 Å². The van der Waals surface area contributed by atoms with Gasteiger partial charge in [0.15, 0.2) is 0 Å². The van der Waals surface area contributed by atoms with E-state index in [2.05, 4.69) is 60.0 Å². The Morgan fingerprint density at radius 1 is 1.03 bits per heavy atom. The molecular weight excluding hydrogens is 388 g/mol. The van der Waals surface area contributed by atoms with Crippen LogP contribution in [0.3, 0.4) is 0 Å². The highest BCUT2D eigenvalue weighted by molar-refractivity contribution is 5.73. The number of aryl methyl sites for hydroxylation is 1. The molecule has 0 atom stereocenters. The molecule has 7 nitrogen and oxygen atoms in total. The fraction of sp³-hybridized carbons (Fsp3) is 0.458. The van der Waals surface area contributed by atoms with Crippen LogP contribution in [0.25, 0.3) is 22.4 Å². The molecule has 1 aliphatic rings. The standard InChI is InChI=1S/C24H32N6O/c1-23(2)10-18(11-24(3,4)28-23)30(6)22-14-25-20(13-26-22)19-8-7-16(9-21(19)31)17-12-27-29(5)15-17/h7-9,12-15,18,28,31H,10-11H2,1-6H3. The zero-order valence-corrected chi connectivity index (χ0v) is 19.2. The molecule has 3 aromatic rings. The number of phenolic OH excluding ortho intramolecular Hbond substituents is 1. The van der Waals surface area contributed by atoms with Gasteiger partial charge in [-0.25, -0.2) is 4.98 Å². The van der Waals surface area contributed by atoms with Gasteiger partial charge in [-0.05, 0) is 58.2 Å². The maximum absolute atomic E-state index is 10.6. The third-order valence-corrected chi connectivity index (χ3v) is 6.03. The molecule has 0 bridgehead atoms. The maximum atomic E-state index is 10.6. The van der Waals surface area contributed by atoms with Gasteiger partial charge in [-0.15, -0.1) is 0 Å². The van der Waals surface area contributed by atoms with Crippen LogP contribution in [0, 0.1) is 0 Å². The molecule has 2 N–H and O–H groups in total. The van der Waals surface area contributed by atoms with Crippen LogP contribution in [0.4, 0.5) is 5.82 Å². The Morgan fingerprint density at radius 3 is 2.29 bits per heavy atom. The van der Waals surface area contributed by atoms with Crippen molar-refractivity contribution in [1.82, 2.24) is 25.1 Å². The molecule has 164 valence electrons. The second-order valence-corrected chi connectivity index (χ2v) is 9.96. The van der Waals surface area contributed by atoms with Crippen LogP contribution >= 0.6 is 0 Å². The number of anilines is 1. The van der Waals surface area contributed by atoms with Gasteiger partial charge in [-0.1, -0.05) is 6.07 Å². The second kappa shape index (κ2) is 7.64. The largest absolute Gasteiger partial charge is 0.507 e. The molecule has 2 aromatic heterocycles. The second-order valence-electron chi connectivity index (χ2n) is 9.96. The molecule has 1 aliphatic heterocycles. The summed E-state index contributed by atoms with van der Waals surface area (Å²) < 4.78 is 1.74. The number of aromatic hydroxyl groups is 1. The van der Waals surface area contributed by atoms with Gasteiger partial charge < -0.3 is 15.3 Å². The number of aromatic nitrogens is 4. The van der Waals surface area contributed by atoms with E-state index in [0.717, 1.165) is 29.8 Å². The number of phenols is 1. The van der Waals surface area contributed by atoms with Crippen molar-refractivity contribution in [3.63, 3.8) is 0 Å². The summed E-state index contributed by atoms with van der Waals surface area (Å²) in [6.07, 6.45) is 9.30. The molecule has 0 radical (unpaired) electrons. The van der Waals surface area contributed by atoms with Crippen LogP contribution in [-0.2, 0) is 7.05 Å². The van der Waals surface area contributed by atoms with Crippen LogP contribution in [0.5, 0.6) is 5.75 Å². The number of benzene rings is 1. The van der Waals surface area contributed by atoms with Gasteiger partial charge in [0.1, 0.15) is 11.6 Å². The molecule has 1 aromatic carbocycles. The summed E-state index contributed by atoms with van der Waals surface area (Å²) in [4.78, 5) is 11.5. The van der Waals surface area contributed by atoms with Crippen LogP contribution in [0.2, 0.25) is 0 Å². The summed E-state index contributed by atoms with van der Waals surface area (Å²) in [5, 5.41) is 18.5. The smallest absolute Gasteiger partial charge is 0.147 e. The van der Waals surface area contributed by atoms with E-state index in [9.17, 15) is 5.11 Å². The predicted molar refractivity (Wildman–Crippen MR) is 124 cm³/mol. The Hall–Kier alpha value is -2.93. The molecule has 0 aliphatic carbocycles. The molecule has 0 unspecified atom stereocenters. The van der Waals surface area contributed by atoms with Crippen LogP contribution in [-0.4, -0.2) is 49.0 Å². The Bertz CT molecular complexity index is 1050. The lowest BCUT2D eigenvalue weighted by molar-refractivity contribution is 0.160. The fourth-order valence-corrected chi connectivity index (χ4v) is 4.87. The molecule has 0 spiro atoms. The minimum Gasteiger partial charge on any atom is -0.507 e. The van der Waals surface area contributed by atoms with E-state index in [0.29, 0.717) is 17.3 Å². The molecule has 7 heteroatoms. The van der Waals surface area contributed by atoms with Crippen molar-refractivity contribution in [2.45, 2.75) is 57.7 Å². The van der Waals surface area contributed by atoms with Crippen LogP contribution < -0.4 is 10.2 Å². The zero-order valence-electron chi connectivity index (χ0n) is 19.2. The highest BCUT2D eigenvalue weighted by atomic mass is 16.3. The van der Waals surface area contributed by atoms with E-state index in [1.54, 1.807) is 29.3 Å². The van der Waals surface area contributed by atoms with Crippen LogP contribution in [0.1, 0.15) is 40.5 Å². The Morgan fingerprint density at radius 2 is 1.74 bits per heavy atom. The lowest BCUT2D eigenvalue weighted by Crippen LogP contribution is -2.62. The summed E-state index contributed by atoms with van der Waals surface area (Å²) in [5.74, 6) is 1.02. The minimum absolute atomic E-state index is 0.0653. The lowest BCUT2D eigenvalue weighted by Gasteiger charge is -2.49. The maximum Gasteiger partial charge on any atom is 0.147 e. The van der Waals surface area contributed by atoms with Crippen molar-refractivity contribution in [1.29, 1.82) is 0 Å². The van der Waals surface area contributed by atoms with E-state index in [-0.39, 0.29) is 16.8 Å². The Labute approximate surface area is 184 Å². The summed E-state index contributed by atoms with van der Waals surface area (Å²) in [5.41, 5.74) is 3.32. The Balaban J connectivity index is 1.54. The zero-order chi connectivity index (χ0) is 22.4. The quantitative estimate of drug-likeness (QED) is 0.664. The van der Waals surface area contributed by atoms with E-state index in [4.69, 9.17) is 0 Å². The average Bonchev–Trinajstić information content (AvgIpc) is 3.11. The van der Waals surface area contributed by atoms with Crippen molar-refractivity contribution in [2.24, 2.45) is 7.05 Å². The third kappa shape index (κ3) is 4.56. The summed E-state index contributed by atoms with van der Waals surface area (Å²) in [7, 11) is 3.96. The normalized spacial score (nSPS) is 18.1. The first-order chi connectivity index (χ1) is 14.5. The number of piperidine rings is 1. The monoisotopic (exact) mass is 420 g/mol. The van der Waals surface area contributed by atoms with Crippen molar-refractivity contribution in [3.8, 4) is 28.1 Å². The van der Waals surface area contributed by atoms with E-state index in [1.165, 1.54) is 0 Å². The van der Waals surface area contributed by atoms with Crippen molar-refractivity contribution < 1.29 is 5.11 Å². The molecule has 0 amide bonds. The minimum atomic E-state index is 0.0653. The fourth-order valence-electron chi connectivity index (χ4n) is 4.87. The molecule has 4 rings (SSSR count). The van der Waals surface area contributed by atoms with Crippen molar-refractivity contribution >= 4 is 5.82 Å².